The highest BCUT2D eigenvalue weighted by molar-refractivity contribution is 6.03. The van der Waals surface area contributed by atoms with Gasteiger partial charge in [0.15, 0.2) is 0 Å². The number of hydrogen-bond acceptors (Lipinski definition) is 3. The van der Waals surface area contributed by atoms with Crippen molar-refractivity contribution in [3.63, 3.8) is 0 Å². The molecule has 0 aliphatic heterocycles. The van der Waals surface area contributed by atoms with Crippen LogP contribution in [0.3, 0.4) is 0 Å². The minimum atomic E-state index is -0.227. The van der Waals surface area contributed by atoms with Crippen LogP contribution in [0, 0.1) is 0 Å². The zero-order valence-electron chi connectivity index (χ0n) is 12.6. The molecule has 5 nitrogen and oxygen atoms in total. The molecule has 5 heteroatoms. The summed E-state index contributed by atoms with van der Waals surface area (Å²) in [7, 11) is 0. The van der Waals surface area contributed by atoms with Crippen molar-refractivity contribution in [1.82, 2.24) is 14.8 Å². The number of nitrogens with zero attached hydrogens (tertiary/aromatic N) is 3. The third-order valence-electron chi connectivity index (χ3n) is 3.51. The fraction of sp³-hybridized carbons (Fsp3) is 0.438. The van der Waals surface area contributed by atoms with E-state index in [2.05, 4.69) is 36.2 Å². The minimum absolute atomic E-state index is 0.141. The molecule has 110 valence electrons. The number of amides is 1. The van der Waals surface area contributed by atoms with Gasteiger partial charge < -0.3 is 5.32 Å². The molecule has 2 aromatic rings. The molecule has 1 N–H and O–H groups in total. The molecule has 2 aromatic heterocycles. The monoisotopic (exact) mass is 284 g/mol. The molecule has 2 heterocycles. The topological polar surface area (TPSA) is 59.8 Å². The first-order chi connectivity index (χ1) is 9.95. The Morgan fingerprint density at radius 3 is 2.71 bits per heavy atom. The van der Waals surface area contributed by atoms with Crippen molar-refractivity contribution >= 4 is 11.6 Å². The number of aromatic nitrogens is 3. The van der Waals surface area contributed by atoms with Crippen molar-refractivity contribution in [1.29, 1.82) is 0 Å². The van der Waals surface area contributed by atoms with E-state index in [0.29, 0.717) is 17.3 Å². The number of anilines is 1. The Labute approximate surface area is 124 Å². The highest BCUT2D eigenvalue weighted by atomic mass is 16.2. The van der Waals surface area contributed by atoms with E-state index < -0.39 is 0 Å². The molecule has 0 bridgehead atoms. The summed E-state index contributed by atoms with van der Waals surface area (Å²) in [6.07, 6.45) is 5.66. The second kappa shape index (κ2) is 4.98. The Kier molecular flexibility index (Phi) is 3.27. The summed E-state index contributed by atoms with van der Waals surface area (Å²) in [5.74, 6) is 0.385. The summed E-state index contributed by atoms with van der Waals surface area (Å²) in [5, 5.41) is 7.53. The summed E-state index contributed by atoms with van der Waals surface area (Å²) < 4.78 is 1.83. The average Bonchev–Trinajstić information content (AvgIpc) is 3.17. The molecule has 21 heavy (non-hydrogen) atoms. The van der Waals surface area contributed by atoms with Gasteiger partial charge in [0.2, 0.25) is 0 Å². The van der Waals surface area contributed by atoms with E-state index in [-0.39, 0.29) is 11.4 Å². The maximum atomic E-state index is 12.5. The molecule has 0 saturated heterocycles. The number of carbonyl (C=O) groups is 1. The van der Waals surface area contributed by atoms with Gasteiger partial charge in [-0.15, -0.1) is 0 Å². The molecular formula is C16H20N4O. The van der Waals surface area contributed by atoms with Crippen LogP contribution in [0.5, 0.6) is 0 Å². The molecule has 0 spiro atoms. The van der Waals surface area contributed by atoms with Gasteiger partial charge in [-0.2, -0.15) is 5.10 Å². The predicted molar refractivity (Wildman–Crippen MR) is 81.4 cm³/mol. The quantitative estimate of drug-likeness (QED) is 0.941. The van der Waals surface area contributed by atoms with Crippen LogP contribution in [0.2, 0.25) is 0 Å². The highest BCUT2D eigenvalue weighted by Gasteiger charge is 2.31. The lowest BCUT2D eigenvalue weighted by Crippen LogP contribution is -2.29. The predicted octanol–water partition coefficient (Wildman–Crippen LogP) is 3.16. The minimum Gasteiger partial charge on any atom is -0.319 e. The van der Waals surface area contributed by atoms with Gasteiger partial charge in [0, 0.05) is 12.1 Å². The van der Waals surface area contributed by atoms with Crippen LogP contribution in [0.25, 0.3) is 0 Å². The molecule has 0 radical (unpaired) electrons. The summed E-state index contributed by atoms with van der Waals surface area (Å²) in [6, 6.07) is 5.55. The molecule has 3 rings (SSSR count). The largest absolute Gasteiger partial charge is 0.319 e. The third-order valence-corrected chi connectivity index (χ3v) is 3.51. The molecule has 0 aromatic carbocycles. The number of hydrogen-bond donors (Lipinski definition) is 1. The summed E-state index contributed by atoms with van der Waals surface area (Å²) in [5.41, 5.74) is 2.10. The number of carbonyl (C=O) groups excluding carboxylic acids is 1. The average molecular weight is 284 g/mol. The first-order valence-corrected chi connectivity index (χ1v) is 7.27. The van der Waals surface area contributed by atoms with Crippen LogP contribution in [0.4, 0.5) is 5.69 Å². The zero-order chi connectivity index (χ0) is 15.0. The maximum absolute atomic E-state index is 12.5. The molecular weight excluding hydrogens is 264 g/mol. The van der Waals surface area contributed by atoms with Gasteiger partial charge in [-0.1, -0.05) is 0 Å². The Morgan fingerprint density at radius 2 is 2.14 bits per heavy atom. The van der Waals surface area contributed by atoms with Crippen LogP contribution in [-0.4, -0.2) is 20.7 Å². The van der Waals surface area contributed by atoms with Crippen molar-refractivity contribution in [3.05, 3.63) is 42.0 Å². The number of pyridine rings is 1. The van der Waals surface area contributed by atoms with Gasteiger partial charge >= 0.3 is 0 Å². The van der Waals surface area contributed by atoms with E-state index in [1.807, 2.05) is 16.8 Å². The third kappa shape index (κ3) is 2.96. The second-order valence-electron chi connectivity index (χ2n) is 6.51. The Morgan fingerprint density at radius 1 is 1.38 bits per heavy atom. The lowest BCUT2D eigenvalue weighted by molar-refractivity contribution is 0.100. The van der Waals surface area contributed by atoms with E-state index in [1.54, 1.807) is 18.5 Å². The summed E-state index contributed by atoms with van der Waals surface area (Å²) in [6.45, 7) is 6.16. The van der Waals surface area contributed by atoms with Crippen LogP contribution >= 0.6 is 0 Å². The normalized spacial score (nSPS) is 15.0. The smallest absolute Gasteiger partial charge is 0.274 e. The molecule has 0 atom stereocenters. The first kappa shape index (κ1) is 13.8. The SMILES string of the molecule is CC(C)(C)n1nc(C2CC2)cc1C(=O)Nc1cccnc1. The van der Waals surface area contributed by atoms with Gasteiger partial charge in [-0.25, -0.2) is 0 Å². The van der Waals surface area contributed by atoms with E-state index >= 15 is 0 Å². The molecule has 0 unspecified atom stereocenters. The fourth-order valence-corrected chi connectivity index (χ4v) is 2.28. The van der Waals surface area contributed by atoms with E-state index in [1.165, 1.54) is 12.8 Å². The van der Waals surface area contributed by atoms with E-state index in [9.17, 15) is 4.79 Å². The molecule has 1 aliphatic carbocycles. The van der Waals surface area contributed by atoms with Crippen molar-refractivity contribution < 1.29 is 4.79 Å². The van der Waals surface area contributed by atoms with Crippen LogP contribution in [-0.2, 0) is 5.54 Å². The van der Waals surface area contributed by atoms with Crippen molar-refractivity contribution in [2.75, 3.05) is 5.32 Å². The molecule has 1 saturated carbocycles. The van der Waals surface area contributed by atoms with Crippen molar-refractivity contribution in [2.45, 2.75) is 45.1 Å². The van der Waals surface area contributed by atoms with E-state index in [4.69, 9.17) is 0 Å². The summed E-state index contributed by atoms with van der Waals surface area (Å²) >= 11 is 0. The van der Waals surface area contributed by atoms with Gasteiger partial charge in [0.05, 0.1) is 23.1 Å². The number of rotatable bonds is 3. The van der Waals surface area contributed by atoms with Gasteiger partial charge in [-0.3, -0.25) is 14.5 Å². The lowest BCUT2D eigenvalue weighted by Gasteiger charge is -2.22. The maximum Gasteiger partial charge on any atom is 0.274 e. The van der Waals surface area contributed by atoms with Crippen LogP contribution in [0.1, 0.15) is 55.7 Å². The fourth-order valence-electron chi connectivity index (χ4n) is 2.28. The van der Waals surface area contributed by atoms with Gasteiger partial charge in [0.1, 0.15) is 5.69 Å². The Bertz CT molecular complexity index is 651. The van der Waals surface area contributed by atoms with Crippen molar-refractivity contribution in [2.24, 2.45) is 0 Å². The zero-order valence-corrected chi connectivity index (χ0v) is 12.6. The van der Waals surface area contributed by atoms with Gasteiger partial charge in [0.25, 0.3) is 5.91 Å². The lowest BCUT2D eigenvalue weighted by atomic mass is 10.1. The molecule has 1 amide bonds. The molecule has 1 aliphatic rings. The van der Waals surface area contributed by atoms with Gasteiger partial charge in [-0.05, 0) is 51.8 Å². The standard InChI is InChI=1S/C16H20N4O/c1-16(2,3)20-14(9-13(19-20)11-6-7-11)15(21)18-12-5-4-8-17-10-12/h4-5,8-11H,6-7H2,1-3H3,(H,18,21). The van der Waals surface area contributed by atoms with Crippen molar-refractivity contribution in [3.8, 4) is 0 Å². The van der Waals surface area contributed by atoms with Crippen LogP contribution < -0.4 is 5.32 Å². The Hall–Kier alpha value is -2.17. The highest BCUT2D eigenvalue weighted by Crippen LogP contribution is 2.40. The van der Waals surface area contributed by atoms with Crippen LogP contribution in [0.15, 0.2) is 30.6 Å². The number of nitrogens with one attached hydrogen (secondary N) is 1. The first-order valence-electron chi connectivity index (χ1n) is 7.27. The van der Waals surface area contributed by atoms with E-state index in [0.717, 1.165) is 5.69 Å². The second-order valence-corrected chi connectivity index (χ2v) is 6.51. The molecule has 1 fully saturated rings. The Balaban J connectivity index is 1.91. The summed E-state index contributed by atoms with van der Waals surface area (Å²) in [4.78, 5) is 16.5.